The molecule has 4 heteroatoms. The van der Waals surface area contributed by atoms with Crippen LogP contribution in [0, 0.1) is 5.92 Å². The maximum Gasteiger partial charge on any atom is 0.225 e. The molecule has 2 unspecified atom stereocenters. The Labute approximate surface area is 107 Å². The molecule has 2 atom stereocenters. The summed E-state index contributed by atoms with van der Waals surface area (Å²) in [4.78, 5) is 22.8. The molecule has 0 bridgehead atoms. The van der Waals surface area contributed by atoms with Gasteiger partial charge in [0.05, 0.1) is 5.92 Å². The second-order valence-corrected chi connectivity index (χ2v) is 4.76. The van der Waals surface area contributed by atoms with Crippen molar-refractivity contribution in [2.75, 3.05) is 13.1 Å². The molecule has 1 heterocycles. The van der Waals surface area contributed by atoms with Crippen molar-refractivity contribution < 1.29 is 9.59 Å². The number of hydrogen-bond donors (Lipinski definition) is 2. The third-order valence-electron chi connectivity index (χ3n) is 3.30. The predicted molar refractivity (Wildman–Crippen MR) is 69.0 cm³/mol. The molecule has 1 aliphatic rings. The van der Waals surface area contributed by atoms with Crippen molar-refractivity contribution >= 4 is 11.8 Å². The first-order valence-corrected chi connectivity index (χ1v) is 6.26. The smallest absolute Gasteiger partial charge is 0.225 e. The lowest BCUT2D eigenvalue weighted by Gasteiger charge is -2.14. The Morgan fingerprint density at radius 2 is 2.17 bits per heavy atom. The minimum atomic E-state index is -0.208. The van der Waals surface area contributed by atoms with Gasteiger partial charge in [0.25, 0.3) is 0 Å². The summed E-state index contributed by atoms with van der Waals surface area (Å²) >= 11 is 0. The van der Waals surface area contributed by atoms with Crippen LogP contribution in [0.5, 0.6) is 0 Å². The lowest BCUT2D eigenvalue weighted by Crippen LogP contribution is -2.34. The van der Waals surface area contributed by atoms with Gasteiger partial charge in [-0.1, -0.05) is 37.3 Å². The van der Waals surface area contributed by atoms with Gasteiger partial charge in [0.2, 0.25) is 11.8 Å². The van der Waals surface area contributed by atoms with Gasteiger partial charge in [-0.25, -0.2) is 0 Å². The molecule has 2 rings (SSSR count). The largest absolute Gasteiger partial charge is 0.355 e. The number of amides is 2. The Bertz CT molecular complexity index is 431. The van der Waals surface area contributed by atoms with E-state index in [2.05, 4.69) is 29.7 Å². The fourth-order valence-electron chi connectivity index (χ4n) is 2.09. The molecule has 2 N–H and O–H groups in total. The maximum absolute atomic E-state index is 11.8. The molecule has 0 saturated carbocycles. The zero-order valence-electron chi connectivity index (χ0n) is 10.5. The van der Waals surface area contributed by atoms with Gasteiger partial charge >= 0.3 is 0 Å². The molecule has 2 amide bonds. The second kappa shape index (κ2) is 5.67. The first kappa shape index (κ1) is 12.6. The number of rotatable bonds is 4. The number of benzene rings is 1. The molecule has 96 valence electrons. The number of carbonyl (C=O) groups excluding carboxylic acids is 2. The summed E-state index contributed by atoms with van der Waals surface area (Å²) in [6.45, 7) is 3.14. The topological polar surface area (TPSA) is 58.2 Å². The Morgan fingerprint density at radius 1 is 1.44 bits per heavy atom. The Hall–Kier alpha value is -1.84. The van der Waals surface area contributed by atoms with Crippen molar-refractivity contribution in [2.24, 2.45) is 5.92 Å². The van der Waals surface area contributed by atoms with Crippen LogP contribution in [0.15, 0.2) is 30.3 Å². The molecule has 0 aromatic heterocycles. The first-order chi connectivity index (χ1) is 8.66. The summed E-state index contributed by atoms with van der Waals surface area (Å²) in [5, 5.41) is 5.58. The van der Waals surface area contributed by atoms with Gasteiger partial charge in [0, 0.05) is 19.5 Å². The zero-order valence-corrected chi connectivity index (χ0v) is 10.5. The van der Waals surface area contributed by atoms with E-state index in [-0.39, 0.29) is 23.7 Å². The molecule has 1 aromatic carbocycles. The van der Waals surface area contributed by atoms with E-state index in [1.54, 1.807) is 0 Å². The summed E-state index contributed by atoms with van der Waals surface area (Å²) in [5.74, 6) is 0.00285. The second-order valence-electron chi connectivity index (χ2n) is 4.76. The SMILES string of the molecule is CC(CNC(=O)C1CNC(=O)C1)c1ccccc1. The number of carbonyl (C=O) groups is 2. The molecule has 4 nitrogen and oxygen atoms in total. The van der Waals surface area contributed by atoms with E-state index in [0.29, 0.717) is 19.5 Å². The van der Waals surface area contributed by atoms with Crippen molar-refractivity contribution in [1.29, 1.82) is 0 Å². The van der Waals surface area contributed by atoms with Crippen molar-refractivity contribution in [2.45, 2.75) is 19.3 Å². The van der Waals surface area contributed by atoms with Gasteiger partial charge in [-0.15, -0.1) is 0 Å². The van der Waals surface area contributed by atoms with Crippen LogP contribution in [0.1, 0.15) is 24.8 Å². The third kappa shape index (κ3) is 3.09. The predicted octanol–water partition coefficient (Wildman–Crippen LogP) is 1.04. The van der Waals surface area contributed by atoms with Crippen molar-refractivity contribution in [3.05, 3.63) is 35.9 Å². The number of hydrogen-bond acceptors (Lipinski definition) is 2. The van der Waals surface area contributed by atoms with Gasteiger partial charge in [-0.05, 0) is 11.5 Å². The van der Waals surface area contributed by atoms with Gasteiger partial charge in [0.15, 0.2) is 0 Å². The summed E-state index contributed by atoms with van der Waals surface area (Å²) in [6.07, 6.45) is 0.311. The van der Waals surface area contributed by atoms with Crippen LogP contribution >= 0.6 is 0 Å². The minimum absolute atomic E-state index is 0.0314. The van der Waals surface area contributed by atoms with E-state index >= 15 is 0 Å². The minimum Gasteiger partial charge on any atom is -0.355 e. The van der Waals surface area contributed by atoms with Crippen LogP contribution in [-0.2, 0) is 9.59 Å². The molecular weight excluding hydrogens is 228 g/mol. The first-order valence-electron chi connectivity index (χ1n) is 6.26. The van der Waals surface area contributed by atoms with Crippen LogP contribution in [-0.4, -0.2) is 24.9 Å². The van der Waals surface area contributed by atoms with Crippen molar-refractivity contribution in [1.82, 2.24) is 10.6 Å². The highest BCUT2D eigenvalue weighted by atomic mass is 16.2. The fraction of sp³-hybridized carbons (Fsp3) is 0.429. The highest BCUT2D eigenvalue weighted by molar-refractivity contribution is 5.89. The summed E-state index contributed by atoms with van der Waals surface area (Å²) < 4.78 is 0. The molecule has 0 aliphatic carbocycles. The van der Waals surface area contributed by atoms with E-state index in [1.165, 1.54) is 5.56 Å². The normalized spacial score (nSPS) is 20.3. The highest BCUT2D eigenvalue weighted by Gasteiger charge is 2.27. The van der Waals surface area contributed by atoms with Gasteiger partial charge < -0.3 is 10.6 Å². The zero-order chi connectivity index (χ0) is 13.0. The fourth-order valence-corrected chi connectivity index (χ4v) is 2.09. The van der Waals surface area contributed by atoms with Crippen LogP contribution in [0.25, 0.3) is 0 Å². The highest BCUT2D eigenvalue weighted by Crippen LogP contribution is 2.14. The average molecular weight is 246 g/mol. The van der Waals surface area contributed by atoms with Crippen LogP contribution in [0.3, 0.4) is 0 Å². The van der Waals surface area contributed by atoms with E-state index < -0.39 is 0 Å². The van der Waals surface area contributed by atoms with Crippen LogP contribution in [0.2, 0.25) is 0 Å². The van der Waals surface area contributed by atoms with Crippen LogP contribution < -0.4 is 10.6 Å². The van der Waals surface area contributed by atoms with Crippen molar-refractivity contribution in [3.63, 3.8) is 0 Å². The summed E-state index contributed by atoms with van der Waals surface area (Å²) in [6, 6.07) is 10.1. The third-order valence-corrected chi connectivity index (χ3v) is 3.30. The monoisotopic (exact) mass is 246 g/mol. The molecule has 0 spiro atoms. The van der Waals surface area contributed by atoms with E-state index in [9.17, 15) is 9.59 Å². The summed E-state index contributed by atoms with van der Waals surface area (Å²) in [5.41, 5.74) is 1.21. The molecule has 1 aromatic rings. The van der Waals surface area contributed by atoms with Gasteiger partial charge in [-0.3, -0.25) is 9.59 Å². The Morgan fingerprint density at radius 3 is 2.78 bits per heavy atom. The molecule has 18 heavy (non-hydrogen) atoms. The van der Waals surface area contributed by atoms with Gasteiger partial charge in [0.1, 0.15) is 0 Å². The molecule has 0 radical (unpaired) electrons. The van der Waals surface area contributed by atoms with Crippen molar-refractivity contribution in [3.8, 4) is 0 Å². The molecule has 1 fully saturated rings. The maximum atomic E-state index is 11.8. The quantitative estimate of drug-likeness (QED) is 0.834. The Kier molecular flexibility index (Phi) is 3.97. The van der Waals surface area contributed by atoms with Gasteiger partial charge in [-0.2, -0.15) is 0 Å². The lowest BCUT2D eigenvalue weighted by atomic mass is 10.0. The molecule has 1 aliphatic heterocycles. The molecule has 1 saturated heterocycles. The lowest BCUT2D eigenvalue weighted by molar-refractivity contribution is -0.126. The van der Waals surface area contributed by atoms with E-state index in [0.717, 1.165) is 0 Å². The Balaban J connectivity index is 1.81. The standard InChI is InChI=1S/C14H18N2O2/c1-10(11-5-3-2-4-6-11)8-16-14(18)12-7-13(17)15-9-12/h2-6,10,12H,7-9H2,1H3,(H,15,17)(H,16,18). The average Bonchev–Trinajstić information content (AvgIpc) is 2.83. The number of nitrogens with one attached hydrogen (secondary N) is 2. The van der Waals surface area contributed by atoms with E-state index in [1.807, 2.05) is 18.2 Å². The van der Waals surface area contributed by atoms with E-state index in [4.69, 9.17) is 0 Å². The summed E-state index contributed by atoms with van der Waals surface area (Å²) in [7, 11) is 0. The van der Waals surface area contributed by atoms with Crippen LogP contribution in [0.4, 0.5) is 0 Å². The molecular formula is C14H18N2O2.